The van der Waals surface area contributed by atoms with Crippen LogP contribution in [0.3, 0.4) is 0 Å². The van der Waals surface area contributed by atoms with Crippen molar-refractivity contribution in [3.63, 3.8) is 0 Å². The van der Waals surface area contributed by atoms with Crippen molar-refractivity contribution in [2.45, 2.75) is 4.90 Å². The number of nitrogens with zero attached hydrogens (tertiary/aromatic N) is 2. The molecule has 0 saturated carbocycles. The van der Waals surface area contributed by atoms with Gasteiger partial charge in [-0.15, -0.1) is 11.8 Å². The molecule has 0 aliphatic carbocycles. The maximum atomic E-state index is 12.6. The van der Waals surface area contributed by atoms with Gasteiger partial charge >= 0.3 is 6.03 Å². The molecular formula is C19H21N3O2S. The topological polar surface area (TPSA) is 52.7 Å². The fraction of sp³-hybridized carbons (Fsp3) is 0.263. The number of anilines is 1. The molecule has 0 atom stereocenters. The van der Waals surface area contributed by atoms with E-state index in [0.717, 1.165) is 11.4 Å². The van der Waals surface area contributed by atoms with Crippen molar-refractivity contribution in [2.24, 2.45) is 0 Å². The highest BCUT2D eigenvalue weighted by molar-refractivity contribution is 7.99. The zero-order valence-corrected chi connectivity index (χ0v) is 15.0. The smallest absolute Gasteiger partial charge is 0.321 e. The Bertz CT molecular complexity index is 751. The van der Waals surface area contributed by atoms with Gasteiger partial charge in [0.25, 0.3) is 5.91 Å². The van der Waals surface area contributed by atoms with Gasteiger partial charge in [-0.25, -0.2) is 4.79 Å². The van der Waals surface area contributed by atoms with Gasteiger partial charge in [-0.1, -0.05) is 24.3 Å². The van der Waals surface area contributed by atoms with Crippen LogP contribution in [0.1, 0.15) is 10.4 Å². The zero-order chi connectivity index (χ0) is 17.6. The molecule has 0 spiro atoms. The molecule has 0 aromatic heterocycles. The number of rotatable bonds is 6. The fourth-order valence-electron chi connectivity index (χ4n) is 2.66. The van der Waals surface area contributed by atoms with E-state index in [9.17, 15) is 9.59 Å². The molecule has 0 unspecified atom stereocenters. The number of nitrogens with one attached hydrogen (secondary N) is 1. The van der Waals surface area contributed by atoms with E-state index in [1.165, 1.54) is 4.90 Å². The van der Waals surface area contributed by atoms with E-state index in [0.29, 0.717) is 25.2 Å². The molecule has 6 heteroatoms. The molecule has 1 saturated heterocycles. The number of thioether (sulfide) groups is 1. The van der Waals surface area contributed by atoms with E-state index in [4.69, 9.17) is 0 Å². The van der Waals surface area contributed by atoms with Gasteiger partial charge in [0.1, 0.15) is 0 Å². The molecule has 25 heavy (non-hydrogen) atoms. The third-order valence-electron chi connectivity index (χ3n) is 4.05. The molecule has 1 fully saturated rings. The van der Waals surface area contributed by atoms with Crippen LogP contribution in [0.2, 0.25) is 0 Å². The van der Waals surface area contributed by atoms with Crippen molar-refractivity contribution >= 4 is 29.4 Å². The summed E-state index contributed by atoms with van der Waals surface area (Å²) in [6.07, 6.45) is 0. The Balaban J connectivity index is 1.59. The molecule has 5 nitrogen and oxygen atoms in total. The van der Waals surface area contributed by atoms with Crippen molar-refractivity contribution in [1.82, 2.24) is 10.2 Å². The summed E-state index contributed by atoms with van der Waals surface area (Å²) in [7, 11) is 1.81. The molecule has 2 aromatic carbocycles. The van der Waals surface area contributed by atoms with E-state index in [1.807, 2.05) is 37.4 Å². The predicted molar refractivity (Wildman–Crippen MR) is 101 cm³/mol. The number of benzene rings is 2. The Kier molecular flexibility index (Phi) is 5.60. The van der Waals surface area contributed by atoms with Crippen LogP contribution in [0.4, 0.5) is 10.5 Å². The first kappa shape index (κ1) is 17.4. The SMILES string of the molecule is CN(CCSc1ccccc1)C(=O)c1cccc(N2CCNC2=O)c1. The molecule has 3 amide bonds. The number of carbonyl (C=O) groups is 2. The second-order valence-electron chi connectivity index (χ2n) is 5.82. The van der Waals surface area contributed by atoms with Gasteiger partial charge in [-0.2, -0.15) is 0 Å². The lowest BCUT2D eigenvalue weighted by molar-refractivity contribution is 0.0803. The van der Waals surface area contributed by atoms with Gasteiger partial charge in [0.2, 0.25) is 0 Å². The van der Waals surface area contributed by atoms with Crippen molar-refractivity contribution in [2.75, 3.05) is 37.3 Å². The third-order valence-corrected chi connectivity index (χ3v) is 5.04. The van der Waals surface area contributed by atoms with Crippen LogP contribution in [0.15, 0.2) is 59.5 Å². The second-order valence-corrected chi connectivity index (χ2v) is 6.99. The predicted octanol–water partition coefficient (Wildman–Crippen LogP) is 3.08. The number of amides is 3. The second kappa shape index (κ2) is 8.07. The van der Waals surface area contributed by atoms with Gasteiger partial charge in [0, 0.05) is 48.6 Å². The zero-order valence-electron chi connectivity index (χ0n) is 14.1. The minimum Gasteiger partial charge on any atom is -0.341 e. The van der Waals surface area contributed by atoms with Crippen LogP contribution < -0.4 is 10.2 Å². The van der Waals surface area contributed by atoms with E-state index >= 15 is 0 Å². The quantitative estimate of drug-likeness (QED) is 0.810. The standard InChI is InChI=1S/C19H21N3O2S/c1-21(12-13-25-17-8-3-2-4-9-17)18(23)15-6-5-7-16(14-15)22-11-10-20-19(22)24/h2-9,14H,10-13H2,1H3,(H,20,24). The van der Waals surface area contributed by atoms with Gasteiger partial charge < -0.3 is 10.2 Å². The fourth-order valence-corrected chi connectivity index (χ4v) is 3.61. The average molecular weight is 355 g/mol. The van der Waals surface area contributed by atoms with Gasteiger partial charge in [-0.05, 0) is 30.3 Å². The Hall–Kier alpha value is -2.47. The van der Waals surface area contributed by atoms with Crippen LogP contribution in [0.5, 0.6) is 0 Å². The number of urea groups is 1. The Labute approximate surface area is 152 Å². The molecule has 3 rings (SSSR count). The van der Waals surface area contributed by atoms with Crippen LogP contribution in [-0.2, 0) is 0 Å². The van der Waals surface area contributed by atoms with Crippen molar-refractivity contribution in [3.8, 4) is 0 Å². The summed E-state index contributed by atoms with van der Waals surface area (Å²) in [4.78, 5) is 29.0. The van der Waals surface area contributed by atoms with Crippen molar-refractivity contribution in [1.29, 1.82) is 0 Å². The summed E-state index contributed by atoms with van der Waals surface area (Å²) in [5, 5.41) is 2.77. The summed E-state index contributed by atoms with van der Waals surface area (Å²) >= 11 is 1.73. The number of hydrogen-bond acceptors (Lipinski definition) is 3. The largest absolute Gasteiger partial charge is 0.341 e. The molecule has 1 aliphatic rings. The van der Waals surface area contributed by atoms with E-state index in [2.05, 4.69) is 17.4 Å². The maximum Gasteiger partial charge on any atom is 0.321 e. The van der Waals surface area contributed by atoms with E-state index in [-0.39, 0.29) is 11.9 Å². The Morgan fingerprint density at radius 1 is 1.20 bits per heavy atom. The number of carbonyl (C=O) groups excluding carboxylic acids is 2. The van der Waals surface area contributed by atoms with Gasteiger partial charge in [0.15, 0.2) is 0 Å². The highest BCUT2D eigenvalue weighted by Gasteiger charge is 2.22. The van der Waals surface area contributed by atoms with Crippen LogP contribution in [0.25, 0.3) is 0 Å². The molecule has 1 aliphatic heterocycles. The molecule has 130 valence electrons. The molecular weight excluding hydrogens is 334 g/mol. The average Bonchev–Trinajstić information content (AvgIpc) is 3.08. The minimum atomic E-state index is -0.114. The normalized spacial score (nSPS) is 13.6. The minimum absolute atomic E-state index is 0.0323. The van der Waals surface area contributed by atoms with E-state index in [1.54, 1.807) is 33.7 Å². The van der Waals surface area contributed by atoms with Gasteiger partial charge in [0.05, 0.1) is 0 Å². The number of hydrogen-bond donors (Lipinski definition) is 1. The van der Waals surface area contributed by atoms with Crippen LogP contribution >= 0.6 is 11.8 Å². The van der Waals surface area contributed by atoms with E-state index < -0.39 is 0 Å². The summed E-state index contributed by atoms with van der Waals surface area (Å²) in [6, 6.07) is 17.3. The summed E-state index contributed by atoms with van der Waals surface area (Å²) in [5.74, 6) is 0.802. The lowest BCUT2D eigenvalue weighted by Crippen LogP contribution is -2.30. The van der Waals surface area contributed by atoms with Gasteiger partial charge in [-0.3, -0.25) is 9.69 Å². The van der Waals surface area contributed by atoms with Crippen LogP contribution in [-0.4, -0.2) is 49.3 Å². The monoisotopic (exact) mass is 355 g/mol. The van der Waals surface area contributed by atoms with Crippen LogP contribution in [0, 0.1) is 0 Å². The lowest BCUT2D eigenvalue weighted by Gasteiger charge is -2.19. The molecule has 1 heterocycles. The maximum absolute atomic E-state index is 12.6. The summed E-state index contributed by atoms with van der Waals surface area (Å²) in [5.41, 5.74) is 1.36. The lowest BCUT2D eigenvalue weighted by atomic mass is 10.1. The summed E-state index contributed by atoms with van der Waals surface area (Å²) < 4.78 is 0. The highest BCUT2D eigenvalue weighted by atomic mass is 32.2. The molecule has 2 aromatic rings. The summed E-state index contributed by atoms with van der Waals surface area (Å²) in [6.45, 7) is 1.92. The highest BCUT2D eigenvalue weighted by Crippen LogP contribution is 2.20. The first-order valence-electron chi connectivity index (χ1n) is 8.24. The van der Waals surface area contributed by atoms with Crippen molar-refractivity contribution < 1.29 is 9.59 Å². The Morgan fingerprint density at radius 2 is 2.00 bits per heavy atom. The first-order valence-corrected chi connectivity index (χ1v) is 9.22. The van der Waals surface area contributed by atoms with Crippen molar-refractivity contribution in [3.05, 3.63) is 60.2 Å². The third kappa shape index (κ3) is 4.33. The molecule has 0 bridgehead atoms. The first-order chi connectivity index (χ1) is 12.1. The Morgan fingerprint density at radius 3 is 2.72 bits per heavy atom. The molecule has 0 radical (unpaired) electrons. The molecule has 1 N–H and O–H groups in total.